The van der Waals surface area contributed by atoms with E-state index in [-0.39, 0.29) is 5.41 Å². The summed E-state index contributed by atoms with van der Waals surface area (Å²) >= 11 is 7.52. The average Bonchev–Trinajstić information content (AvgIpc) is 2.67. The van der Waals surface area contributed by atoms with Gasteiger partial charge in [-0.25, -0.2) is 4.98 Å². The number of hydrogen-bond donors (Lipinski definition) is 1. The van der Waals surface area contributed by atoms with Crippen molar-refractivity contribution in [1.29, 1.82) is 0 Å². The number of nitrogen functional groups attached to an aromatic ring is 1. The number of anilines is 1. The third-order valence-electron chi connectivity index (χ3n) is 3.68. The zero-order valence-electron chi connectivity index (χ0n) is 9.37. The van der Waals surface area contributed by atoms with E-state index in [1.54, 1.807) is 11.3 Å². The zero-order valence-corrected chi connectivity index (χ0v) is 10.9. The minimum atomic E-state index is 0.138. The highest BCUT2D eigenvalue weighted by molar-refractivity contribution is 7.13. The Hall–Kier alpha value is -1.06. The van der Waals surface area contributed by atoms with Crippen molar-refractivity contribution in [3.63, 3.8) is 0 Å². The van der Waals surface area contributed by atoms with Gasteiger partial charge in [0, 0.05) is 10.4 Å². The molecule has 0 bridgehead atoms. The monoisotopic (exact) mass is 265 g/mol. The number of thiazole rings is 1. The van der Waals surface area contributed by atoms with Gasteiger partial charge < -0.3 is 0 Å². The molecule has 2 aromatic rings. The van der Waals surface area contributed by atoms with Crippen LogP contribution in [0, 0.1) is 0 Å². The third kappa shape index (κ3) is 1.74. The van der Waals surface area contributed by atoms with Crippen molar-refractivity contribution in [2.75, 3.05) is 5.73 Å². The molecule has 4 heteroatoms. The molecule has 1 aliphatic rings. The van der Waals surface area contributed by atoms with Gasteiger partial charge in [-0.1, -0.05) is 41.5 Å². The number of rotatable bonds is 2. The van der Waals surface area contributed by atoms with E-state index >= 15 is 0 Å². The molecule has 2 nitrogen and oxygen atoms in total. The van der Waals surface area contributed by atoms with E-state index in [0.717, 1.165) is 10.2 Å². The molecule has 3 N–H and O–H groups in total. The van der Waals surface area contributed by atoms with E-state index in [0.29, 0.717) is 0 Å². The molecular weight excluding hydrogens is 252 g/mol. The molecule has 1 fully saturated rings. The number of benzene rings is 1. The lowest BCUT2D eigenvalue weighted by Gasteiger charge is -2.40. The Morgan fingerprint density at radius 2 is 1.94 bits per heavy atom. The topological polar surface area (TPSA) is 40.2 Å². The van der Waals surface area contributed by atoms with Crippen LogP contribution in [0.3, 0.4) is 0 Å². The van der Waals surface area contributed by atoms with E-state index in [2.05, 4.69) is 22.5 Å². The molecule has 3 rings (SSSR count). The minimum absolute atomic E-state index is 0.138. The van der Waals surface area contributed by atoms with E-state index in [1.165, 1.54) is 30.5 Å². The Kier molecular flexibility index (Phi) is 2.60. The number of nitrogens with two attached hydrogens (primary N) is 1. The Morgan fingerprint density at radius 3 is 2.41 bits per heavy atom. The summed E-state index contributed by atoms with van der Waals surface area (Å²) < 4.78 is 0. The second kappa shape index (κ2) is 4.00. The third-order valence-corrected chi connectivity index (χ3v) is 4.64. The number of aromatic nitrogens is 1. The Bertz CT molecular complexity index is 529. The fourth-order valence-electron chi connectivity index (χ4n) is 2.56. The summed E-state index contributed by atoms with van der Waals surface area (Å²) in [5.41, 5.74) is 8.52. The van der Waals surface area contributed by atoms with Crippen molar-refractivity contribution in [2.24, 2.45) is 0 Å². The van der Waals surface area contributed by atoms with Gasteiger partial charge in [-0.3, -0.25) is 5.73 Å². The van der Waals surface area contributed by atoms with Gasteiger partial charge in [0.05, 0.1) is 5.41 Å². The van der Waals surface area contributed by atoms with Crippen LogP contribution >= 0.6 is 22.9 Å². The molecular formula is C13H14ClN2S+. The molecule has 88 valence electrons. The number of hydrogen-bond acceptors (Lipinski definition) is 2. The lowest BCUT2D eigenvalue weighted by atomic mass is 9.63. The molecule has 1 aromatic carbocycles. The molecule has 1 aliphatic carbocycles. The summed E-state index contributed by atoms with van der Waals surface area (Å²) in [5, 5.41) is 3.71. The smallest absolute Gasteiger partial charge is 0.278 e. The average molecular weight is 266 g/mol. The molecule has 1 aromatic heterocycles. The first-order valence-corrected chi connectivity index (χ1v) is 6.99. The summed E-state index contributed by atoms with van der Waals surface area (Å²) in [5.74, 6) is 0. The van der Waals surface area contributed by atoms with Gasteiger partial charge in [-0.2, -0.15) is 0 Å². The molecule has 1 heterocycles. The molecule has 1 saturated carbocycles. The largest absolute Gasteiger partial charge is 0.329 e. The number of nitrogens with one attached hydrogen (secondary N) is 1. The van der Waals surface area contributed by atoms with Gasteiger partial charge in [0.2, 0.25) is 0 Å². The zero-order chi connectivity index (χ0) is 11.9. The van der Waals surface area contributed by atoms with Crippen molar-refractivity contribution >= 4 is 28.1 Å². The predicted octanol–water partition coefficient (Wildman–Crippen LogP) is 3.27. The second-order valence-corrected chi connectivity index (χ2v) is 5.93. The standard InChI is InChI=1S/C13H13ClN2S/c14-10-4-2-9(3-5-10)13(6-1-7-13)11-8-17-12(15)16-11/h2-5,8H,1,6-7H2,(H2,15,16)/p+1. The van der Waals surface area contributed by atoms with Crippen molar-refractivity contribution in [3.8, 4) is 0 Å². The first-order chi connectivity index (χ1) is 8.21. The van der Waals surface area contributed by atoms with E-state index in [1.807, 2.05) is 12.1 Å². The van der Waals surface area contributed by atoms with E-state index in [4.69, 9.17) is 17.3 Å². The molecule has 0 radical (unpaired) electrons. The molecule has 0 spiro atoms. The normalized spacial score (nSPS) is 17.7. The maximum Gasteiger partial charge on any atom is 0.329 e. The molecule has 0 atom stereocenters. The van der Waals surface area contributed by atoms with Gasteiger partial charge in [-0.15, -0.1) is 0 Å². The highest BCUT2D eigenvalue weighted by Crippen LogP contribution is 2.48. The molecule has 17 heavy (non-hydrogen) atoms. The van der Waals surface area contributed by atoms with E-state index in [9.17, 15) is 0 Å². The summed E-state index contributed by atoms with van der Waals surface area (Å²) in [6, 6.07) is 8.19. The first-order valence-electron chi connectivity index (χ1n) is 5.73. The Labute approximate surface area is 109 Å². The van der Waals surface area contributed by atoms with Crippen LogP contribution in [0.2, 0.25) is 5.02 Å². The number of H-pyrrole nitrogens is 1. The number of aromatic amines is 1. The van der Waals surface area contributed by atoms with Crippen molar-refractivity contribution < 1.29 is 4.98 Å². The highest BCUT2D eigenvalue weighted by Gasteiger charge is 2.43. The summed E-state index contributed by atoms with van der Waals surface area (Å²) in [4.78, 5) is 3.30. The van der Waals surface area contributed by atoms with Gasteiger partial charge in [-0.05, 0) is 30.5 Å². The first kappa shape index (κ1) is 11.1. The van der Waals surface area contributed by atoms with Gasteiger partial charge in [0.15, 0.2) is 0 Å². The number of halogens is 1. The van der Waals surface area contributed by atoms with Crippen LogP contribution in [0.1, 0.15) is 30.5 Å². The van der Waals surface area contributed by atoms with Crippen LogP contribution in [0.5, 0.6) is 0 Å². The fourth-order valence-corrected chi connectivity index (χ4v) is 3.38. The van der Waals surface area contributed by atoms with Crippen LogP contribution in [-0.2, 0) is 5.41 Å². The van der Waals surface area contributed by atoms with Crippen LogP contribution in [0.25, 0.3) is 0 Å². The van der Waals surface area contributed by atoms with Gasteiger partial charge in [0.25, 0.3) is 0 Å². The van der Waals surface area contributed by atoms with Gasteiger partial charge >= 0.3 is 5.13 Å². The van der Waals surface area contributed by atoms with Crippen molar-refractivity contribution in [3.05, 3.63) is 45.9 Å². The Morgan fingerprint density at radius 1 is 1.24 bits per heavy atom. The van der Waals surface area contributed by atoms with Crippen LogP contribution in [-0.4, -0.2) is 0 Å². The lowest BCUT2D eigenvalue weighted by Crippen LogP contribution is -2.39. The molecule has 0 aliphatic heterocycles. The minimum Gasteiger partial charge on any atom is -0.278 e. The quantitative estimate of drug-likeness (QED) is 0.890. The molecule has 0 unspecified atom stereocenters. The van der Waals surface area contributed by atoms with Gasteiger partial charge in [0.1, 0.15) is 5.69 Å². The summed E-state index contributed by atoms with van der Waals surface area (Å²) in [7, 11) is 0. The summed E-state index contributed by atoms with van der Waals surface area (Å²) in [6.45, 7) is 0. The maximum atomic E-state index is 5.95. The fraction of sp³-hybridized carbons (Fsp3) is 0.308. The van der Waals surface area contributed by atoms with Crippen LogP contribution in [0.4, 0.5) is 5.13 Å². The SMILES string of the molecule is Nc1[nH+]c(C2(c3ccc(Cl)cc3)CCC2)cs1. The lowest BCUT2D eigenvalue weighted by molar-refractivity contribution is -0.376. The summed E-state index contributed by atoms with van der Waals surface area (Å²) in [6.07, 6.45) is 3.63. The maximum absolute atomic E-state index is 5.95. The van der Waals surface area contributed by atoms with Crippen LogP contribution in [0.15, 0.2) is 29.6 Å². The predicted molar refractivity (Wildman–Crippen MR) is 71.4 cm³/mol. The second-order valence-electron chi connectivity index (χ2n) is 4.58. The molecule has 0 amide bonds. The molecule has 0 saturated heterocycles. The highest BCUT2D eigenvalue weighted by atomic mass is 35.5. The van der Waals surface area contributed by atoms with Crippen molar-refractivity contribution in [1.82, 2.24) is 0 Å². The Balaban J connectivity index is 2.05. The van der Waals surface area contributed by atoms with Crippen molar-refractivity contribution in [2.45, 2.75) is 24.7 Å². The van der Waals surface area contributed by atoms with Crippen LogP contribution < -0.4 is 10.7 Å². The van der Waals surface area contributed by atoms with E-state index < -0.39 is 0 Å².